The van der Waals surface area contributed by atoms with Crippen LogP contribution in [0.3, 0.4) is 0 Å². The fourth-order valence-corrected chi connectivity index (χ4v) is 4.58. The molecule has 3 aromatic rings. The molecule has 0 unspecified atom stereocenters. The number of hydrogen-bond donors (Lipinski definition) is 1. The highest BCUT2D eigenvalue weighted by molar-refractivity contribution is 7.92. The Labute approximate surface area is 143 Å². The van der Waals surface area contributed by atoms with Gasteiger partial charge in [0.25, 0.3) is 10.0 Å². The van der Waals surface area contributed by atoms with Crippen LogP contribution < -0.4 is 4.72 Å². The van der Waals surface area contributed by atoms with Crippen molar-refractivity contribution in [3.05, 3.63) is 40.0 Å². The van der Waals surface area contributed by atoms with Gasteiger partial charge in [0.2, 0.25) is 9.99 Å². The minimum Gasteiger partial charge on any atom is -0.278 e. The van der Waals surface area contributed by atoms with Crippen LogP contribution in [0.25, 0.3) is 4.96 Å². The van der Waals surface area contributed by atoms with E-state index in [4.69, 9.17) is 11.6 Å². The standard InChI is InChI=1S/C14H15ClN4O2S2/c1-8(2)12-13(19-14(16-12)22-9(3)17-19)23(20,21)18-11-6-4-10(15)5-7-11/h4-8,18H,1-3H3. The quantitative estimate of drug-likeness (QED) is 0.760. The zero-order valence-corrected chi connectivity index (χ0v) is 15.1. The Hall–Kier alpha value is -1.64. The summed E-state index contributed by atoms with van der Waals surface area (Å²) in [6.07, 6.45) is 0. The smallest absolute Gasteiger partial charge is 0.278 e. The highest BCUT2D eigenvalue weighted by Gasteiger charge is 2.28. The van der Waals surface area contributed by atoms with Gasteiger partial charge >= 0.3 is 0 Å². The molecule has 2 aromatic heterocycles. The van der Waals surface area contributed by atoms with Gasteiger partial charge in [0.1, 0.15) is 5.01 Å². The molecule has 122 valence electrons. The van der Waals surface area contributed by atoms with E-state index in [1.54, 1.807) is 24.3 Å². The van der Waals surface area contributed by atoms with Crippen molar-refractivity contribution in [2.24, 2.45) is 0 Å². The van der Waals surface area contributed by atoms with E-state index in [9.17, 15) is 8.42 Å². The molecule has 0 saturated carbocycles. The molecule has 9 heteroatoms. The van der Waals surface area contributed by atoms with Crippen molar-refractivity contribution in [1.29, 1.82) is 0 Å². The van der Waals surface area contributed by atoms with E-state index in [1.807, 2.05) is 20.8 Å². The van der Waals surface area contributed by atoms with E-state index in [2.05, 4.69) is 14.8 Å². The van der Waals surface area contributed by atoms with Crippen molar-refractivity contribution in [3.8, 4) is 0 Å². The highest BCUT2D eigenvalue weighted by Crippen LogP contribution is 2.28. The molecule has 0 saturated heterocycles. The summed E-state index contributed by atoms with van der Waals surface area (Å²) in [4.78, 5) is 5.01. The summed E-state index contributed by atoms with van der Waals surface area (Å²) in [7, 11) is -3.82. The van der Waals surface area contributed by atoms with Gasteiger partial charge in [-0.2, -0.15) is 18.0 Å². The maximum atomic E-state index is 12.9. The van der Waals surface area contributed by atoms with Crippen LogP contribution in [0.1, 0.15) is 30.5 Å². The number of sulfonamides is 1. The zero-order chi connectivity index (χ0) is 16.8. The van der Waals surface area contributed by atoms with Crippen molar-refractivity contribution in [2.45, 2.75) is 31.7 Å². The first-order valence-electron chi connectivity index (χ1n) is 6.92. The molecule has 0 aliphatic carbocycles. The number of aromatic nitrogens is 3. The topological polar surface area (TPSA) is 76.4 Å². The van der Waals surface area contributed by atoms with Crippen molar-refractivity contribution >= 4 is 43.6 Å². The Bertz CT molecular complexity index is 959. The minimum atomic E-state index is -3.82. The fraction of sp³-hybridized carbons (Fsp3) is 0.286. The Morgan fingerprint density at radius 3 is 2.52 bits per heavy atom. The van der Waals surface area contributed by atoms with Gasteiger partial charge in [0.05, 0.1) is 5.69 Å². The van der Waals surface area contributed by atoms with Crippen LogP contribution in [0.5, 0.6) is 0 Å². The Morgan fingerprint density at radius 2 is 1.91 bits per heavy atom. The van der Waals surface area contributed by atoms with Crippen molar-refractivity contribution in [3.63, 3.8) is 0 Å². The minimum absolute atomic E-state index is 0.0407. The summed E-state index contributed by atoms with van der Waals surface area (Å²) < 4.78 is 29.7. The molecule has 0 aliphatic rings. The molecular formula is C14H15ClN4O2S2. The molecule has 0 atom stereocenters. The number of fused-ring (bicyclic) bond motifs is 1. The van der Waals surface area contributed by atoms with Crippen LogP contribution in [0.2, 0.25) is 5.02 Å². The molecule has 2 heterocycles. The average molecular weight is 371 g/mol. The Morgan fingerprint density at radius 1 is 1.26 bits per heavy atom. The molecule has 1 N–H and O–H groups in total. The number of nitrogens with one attached hydrogen (secondary N) is 1. The third-order valence-corrected chi connectivity index (χ3v) is 5.66. The van der Waals surface area contributed by atoms with E-state index in [0.717, 1.165) is 5.01 Å². The number of nitrogens with zero attached hydrogens (tertiary/aromatic N) is 3. The van der Waals surface area contributed by atoms with Crippen molar-refractivity contribution < 1.29 is 8.42 Å². The molecule has 0 amide bonds. The predicted octanol–water partition coefficient (Wildman–Crippen LogP) is 3.68. The Balaban J connectivity index is 2.12. The lowest BCUT2D eigenvalue weighted by Crippen LogP contribution is -2.17. The van der Waals surface area contributed by atoms with E-state index in [-0.39, 0.29) is 10.9 Å². The number of halogens is 1. The third kappa shape index (κ3) is 3.06. The number of imidazole rings is 1. The lowest BCUT2D eigenvalue weighted by Gasteiger charge is -2.10. The Kier molecular flexibility index (Phi) is 4.07. The summed E-state index contributed by atoms with van der Waals surface area (Å²) in [6.45, 7) is 5.62. The molecule has 0 spiro atoms. The number of hydrogen-bond acceptors (Lipinski definition) is 5. The molecule has 3 rings (SSSR count). The van der Waals surface area contributed by atoms with Crippen molar-refractivity contribution in [2.75, 3.05) is 4.72 Å². The lowest BCUT2D eigenvalue weighted by molar-refractivity contribution is 0.589. The molecule has 6 nitrogen and oxygen atoms in total. The maximum absolute atomic E-state index is 12.9. The first kappa shape index (κ1) is 16.2. The van der Waals surface area contributed by atoms with Crippen LogP contribution >= 0.6 is 22.9 Å². The predicted molar refractivity (Wildman–Crippen MR) is 92.0 cm³/mol. The monoisotopic (exact) mass is 370 g/mol. The molecule has 23 heavy (non-hydrogen) atoms. The van der Waals surface area contributed by atoms with Gasteiger partial charge in [-0.05, 0) is 37.1 Å². The van der Waals surface area contributed by atoms with Crippen LogP contribution in [-0.4, -0.2) is 23.0 Å². The summed E-state index contributed by atoms with van der Waals surface area (Å²) >= 11 is 7.19. The first-order chi connectivity index (χ1) is 10.8. The molecular weight excluding hydrogens is 356 g/mol. The highest BCUT2D eigenvalue weighted by atomic mass is 35.5. The van der Waals surface area contributed by atoms with Gasteiger partial charge in [0.15, 0.2) is 0 Å². The normalized spacial score (nSPS) is 12.2. The third-order valence-electron chi connectivity index (χ3n) is 3.19. The lowest BCUT2D eigenvalue weighted by atomic mass is 10.2. The summed E-state index contributed by atoms with van der Waals surface area (Å²) in [5.74, 6) is -0.0407. The molecule has 0 aliphatic heterocycles. The second-order valence-electron chi connectivity index (χ2n) is 5.38. The van der Waals surface area contributed by atoms with Crippen LogP contribution in [0, 0.1) is 6.92 Å². The first-order valence-corrected chi connectivity index (χ1v) is 9.60. The molecule has 0 bridgehead atoms. The fourth-order valence-electron chi connectivity index (χ4n) is 2.19. The van der Waals surface area contributed by atoms with Gasteiger partial charge < -0.3 is 0 Å². The van der Waals surface area contributed by atoms with E-state index in [1.165, 1.54) is 15.9 Å². The number of rotatable bonds is 4. The zero-order valence-electron chi connectivity index (χ0n) is 12.7. The summed E-state index contributed by atoms with van der Waals surface area (Å²) in [5, 5.41) is 5.65. The second-order valence-corrected chi connectivity index (χ2v) is 8.58. The average Bonchev–Trinajstić information content (AvgIpc) is 2.96. The van der Waals surface area contributed by atoms with Gasteiger partial charge in [-0.1, -0.05) is 36.8 Å². The van der Waals surface area contributed by atoms with Gasteiger partial charge in [0, 0.05) is 10.7 Å². The summed E-state index contributed by atoms with van der Waals surface area (Å²) in [6, 6.07) is 6.47. The second kappa shape index (κ2) is 5.77. The maximum Gasteiger partial charge on any atom is 0.281 e. The van der Waals surface area contributed by atoms with Crippen LogP contribution in [0.4, 0.5) is 5.69 Å². The molecule has 1 aromatic carbocycles. The van der Waals surface area contributed by atoms with E-state index < -0.39 is 10.0 Å². The SMILES string of the molecule is Cc1nn2c(S(=O)(=O)Nc3ccc(Cl)cc3)c(C(C)C)nc2s1. The van der Waals surface area contributed by atoms with Gasteiger partial charge in [-0.25, -0.2) is 4.98 Å². The van der Waals surface area contributed by atoms with Gasteiger partial charge in [-0.15, -0.1) is 0 Å². The molecule has 0 fully saturated rings. The number of anilines is 1. The van der Waals surface area contributed by atoms with Crippen molar-refractivity contribution in [1.82, 2.24) is 14.6 Å². The number of aryl methyl sites for hydroxylation is 1. The van der Waals surface area contributed by atoms with E-state index in [0.29, 0.717) is 21.4 Å². The van der Waals surface area contributed by atoms with Gasteiger partial charge in [-0.3, -0.25) is 4.72 Å². The molecule has 0 radical (unpaired) electrons. The summed E-state index contributed by atoms with van der Waals surface area (Å²) in [5.41, 5.74) is 0.941. The van der Waals surface area contributed by atoms with Crippen LogP contribution in [-0.2, 0) is 10.0 Å². The van der Waals surface area contributed by atoms with E-state index >= 15 is 0 Å². The number of benzene rings is 1. The van der Waals surface area contributed by atoms with Crippen LogP contribution in [0.15, 0.2) is 29.3 Å². The largest absolute Gasteiger partial charge is 0.281 e.